The van der Waals surface area contributed by atoms with Crippen LogP contribution in [0.3, 0.4) is 0 Å². The molecule has 2 aromatic rings. The largest absolute Gasteiger partial charge is 0.444 e. The van der Waals surface area contributed by atoms with Crippen molar-refractivity contribution in [1.82, 2.24) is 19.8 Å². The number of benzene rings is 1. The van der Waals surface area contributed by atoms with Crippen molar-refractivity contribution >= 4 is 12.0 Å². The summed E-state index contributed by atoms with van der Waals surface area (Å²) in [5.41, 5.74) is 1.50. The van der Waals surface area contributed by atoms with Gasteiger partial charge in [-0.1, -0.05) is 38.1 Å². The number of alkyl halides is 1. The second kappa shape index (κ2) is 9.63. The molecule has 190 valence electrons. The molecule has 1 N–H and O–H groups in total. The molecule has 1 fully saturated rings. The summed E-state index contributed by atoms with van der Waals surface area (Å²) in [4.78, 5) is 31.4. The van der Waals surface area contributed by atoms with Crippen molar-refractivity contribution in [3.8, 4) is 11.3 Å². The number of rotatable bonds is 6. The van der Waals surface area contributed by atoms with Crippen LogP contribution in [-0.4, -0.2) is 56.9 Å². The molecule has 4 rings (SSSR count). The van der Waals surface area contributed by atoms with Gasteiger partial charge in [0.2, 0.25) is 5.91 Å². The van der Waals surface area contributed by atoms with Crippen molar-refractivity contribution in [2.75, 3.05) is 13.1 Å². The Morgan fingerprint density at radius 3 is 2.57 bits per heavy atom. The normalized spacial score (nSPS) is 19.7. The second-order valence-electron chi connectivity index (χ2n) is 11.2. The first-order chi connectivity index (χ1) is 16.5. The number of carbonyl (C=O) groups is 2. The molecule has 0 aliphatic carbocycles. The Kier molecular flexibility index (Phi) is 6.93. The maximum atomic E-state index is 15.8. The van der Waals surface area contributed by atoms with E-state index in [9.17, 15) is 9.59 Å². The minimum absolute atomic E-state index is 0.0827. The third kappa shape index (κ3) is 5.52. The highest BCUT2D eigenvalue weighted by molar-refractivity contribution is 5.86. The molecule has 2 unspecified atom stereocenters. The lowest BCUT2D eigenvalue weighted by Crippen LogP contribution is -2.55. The van der Waals surface area contributed by atoms with Gasteiger partial charge in [-0.2, -0.15) is 0 Å². The van der Waals surface area contributed by atoms with E-state index in [2.05, 4.69) is 27.0 Å². The smallest absolute Gasteiger partial charge is 0.408 e. The molecule has 35 heavy (non-hydrogen) atoms. The average Bonchev–Trinajstić information content (AvgIpc) is 3.36. The number of likely N-dealkylation sites (tertiary alicyclic amines) is 1. The van der Waals surface area contributed by atoms with Gasteiger partial charge in [0.05, 0.1) is 24.3 Å². The number of ether oxygens (including phenoxy) is 1. The van der Waals surface area contributed by atoms with E-state index >= 15 is 4.39 Å². The molecule has 0 saturated carbocycles. The zero-order chi connectivity index (χ0) is 25.4. The summed E-state index contributed by atoms with van der Waals surface area (Å²) in [5, 5.41) is 2.71. The Morgan fingerprint density at radius 1 is 1.23 bits per heavy atom. The van der Waals surface area contributed by atoms with Gasteiger partial charge in [-0.15, -0.1) is 0 Å². The number of nitrogens with zero attached hydrogens (tertiary/aromatic N) is 3. The standard InChI is InChI=1S/C27H37FN4O3/c1-18(2)23(30-25(34)35-26(3,4)5)24(33)31-14-12-27(28,13-15-31)11-10-21-19-8-6-7-9-20(19)22-16-29-17-32(21)22/h6-9,16-18,21,23H,10-15H2,1-5H3,(H,30,34). The van der Waals surface area contributed by atoms with E-state index in [1.165, 1.54) is 11.1 Å². The first-order valence-electron chi connectivity index (χ1n) is 12.6. The molecule has 8 heteroatoms. The fraction of sp³-hybridized carbons (Fsp3) is 0.593. The van der Waals surface area contributed by atoms with Crippen molar-refractivity contribution in [1.29, 1.82) is 0 Å². The summed E-state index contributed by atoms with van der Waals surface area (Å²) < 4.78 is 23.3. The molecule has 1 aromatic carbocycles. The molecule has 2 atom stereocenters. The Hall–Kier alpha value is -2.90. The summed E-state index contributed by atoms with van der Waals surface area (Å²) in [6.07, 6.45) is 4.77. The van der Waals surface area contributed by atoms with E-state index in [4.69, 9.17) is 4.74 Å². The fourth-order valence-electron chi connectivity index (χ4n) is 5.14. The minimum Gasteiger partial charge on any atom is -0.444 e. The Morgan fingerprint density at radius 2 is 1.91 bits per heavy atom. The maximum Gasteiger partial charge on any atom is 0.408 e. The van der Waals surface area contributed by atoms with Crippen molar-refractivity contribution in [3.05, 3.63) is 42.4 Å². The molecule has 7 nitrogen and oxygen atoms in total. The summed E-state index contributed by atoms with van der Waals surface area (Å²) in [6, 6.07) is 7.63. The topological polar surface area (TPSA) is 76.5 Å². The number of fused-ring (bicyclic) bond motifs is 3. The number of imidazole rings is 1. The Labute approximate surface area is 207 Å². The van der Waals surface area contributed by atoms with Crippen LogP contribution in [0.15, 0.2) is 36.8 Å². The Bertz CT molecular complexity index is 1070. The SMILES string of the molecule is CC(C)C(NC(=O)OC(C)(C)C)C(=O)N1CCC(F)(CCC2c3ccccc3-c3cncn32)CC1. The van der Waals surface area contributed by atoms with Gasteiger partial charge >= 0.3 is 6.09 Å². The molecule has 2 amide bonds. The maximum absolute atomic E-state index is 15.8. The lowest BCUT2D eigenvalue weighted by molar-refractivity contribution is -0.137. The van der Waals surface area contributed by atoms with Crippen LogP contribution in [0.1, 0.15) is 71.9 Å². The molecule has 3 heterocycles. The highest BCUT2D eigenvalue weighted by Crippen LogP contribution is 2.43. The minimum atomic E-state index is -1.32. The van der Waals surface area contributed by atoms with Gasteiger partial charge in [0.1, 0.15) is 17.3 Å². The molecular weight excluding hydrogens is 447 g/mol. The second-order valence-corrected chi connectivity index (χ2v) is 11.2. The van der Waals surface area contributed by atoms with Crippen molar-refractivity contribution in [2.24, 2.45) is 5.92 Å². The van der Waals surface area contributed by atoms with Crippen LogP contribution in [0.25, 0.3) is 11.3 Å². The fourth-order valence-corrected chi connectivity index (χ4v) is 5.14. The van der Waals surface area contributed by atoms with E-state index in [-0.39, 0.29) is 17.9 Å². The molecular formula is C27H37FN4O3. The first kappa shape index (κ1) is 25.2. The van der Waals surface area contributed by atoms with Gasteiger partial charge in [0.25, 0.3) is 0 Å². The van der Waals surface area contributed by atoms with Crippen LogP contribution in [0.2, 0.25) is 0 Å². The summed E-state index contributed by atoms with van der Waals surface area (Å²) in [6.45, 7) is 9.78. The van der Waals surface area contributed by atoms with Gasteiger partial charge in [-0.05, 0) is 57.9 Å². The summed E-state index contributed by atoms with van der Waals surface area (Å²) in [5.74, 6) is -0.292. The van der Waals surface area contributed by atoms with Gasteiger partial charge in [0.15, 0.2) is 0 Å². The first-order valence-corrected chi connectivity index (χ1v) is 12.6. The highest BCUT2D eigenvalue weighted by atomic mass is 19.1. The monoisotopic (exact) mass is 484 g/mol. The third-order valence-corrected chi connectivity index (χ3v) is 7.04. The van der Waals surface area contributed by atoms with Crippen LogP contribution < -0.4 is 5.32 Å². The molecule has 1 aromatic heterocycles. The number of carbonyl (C=O) groups excluding carboxylic acids is 2. The highest BCUT2D eigenvalue weighted by Gasteiger charge is 2.40. The summed E-state index contributed by atoms with van der Waals surface area (Å²) in [7, 11) is 0. The molecule has 2 aliphatic heterocycles. The lowest BCUT2D eigenvalue weighted by Gasteiger charge is -2.39. The van der Waals surface area contributed by atoms with Gasteiger partial charge in [-0.3, -0.25) is 4.79 Å². The van der Waals surface area contributed by atoms with Crippen molar-refractivity contribution < 1.29 is 18.7 Å². The van der Waals surface area contributed by atoms with E-state index in [1.54, 1.807) is 25.7 Å². The van der Waals surface area contributed by atoms with E-state index in [1.807, 2.05) is 38.5 Å². The van der Waals surface area contributed by atoms with Crippen molar-refractivity contribution in [2.45, 2.75) is 83.7 Å². The number of hydrogen-bond acceptors (Lipinski definition) is 4. The number of amides is 2. The quantitative estimate of drug-likeness (QED) is 0.618. The number of alkyl carbamates (subject to hydrolysis) is 1. The number of aromatic nitrogens is 2. The molecule has 0 radical (unpaired) electrons. The van der Waals surface area contributed by atoms with E-state index in [0.29, 0.717) is 38.8 Å². The van der Waals surface area contributed by atoms with Crippen LogP contribution in [0, 0.1) is 5.92 Å². The predicted molar refractivity (Wildman–Crippen MR) is 133 cm³/mol. The number of piperidine rings is 1. The lowest BCUT2D eigenvalue weighted by atomic mass is 9.86. The van der Waals surface area contributed by atoms with Crippen molar-refractivity contribution in [3.63, 3.8) is 0 Å². The molecule has 0 bridgehead atoms. The van der Waals surface area contributed by atoms with Crippen LogP contribution >= 0.6 is 0 Å². The zero-order valence-electron chi connectivity index (χ0n) is 21.4. The number of hydrogen-bond donors (Lipinski definition) is 1. The zero-order valence-corrected chi connectivity index (χ0v) is 21.4. The summed E-state index contributed by atoms with van der Waals surface area (Å²) >= 11 is 0. The average molecular weight is 485 g/mol. The van der Waals surface area contributed by atoms with E-state index < -0.39 is 23.4 Å². The number of nitrogens with one attached hydrogen (secondary N) is 1. The van der Waals surface area contributed by atoms with Crippen LogP contribution in [-0.2, 0) is 9.53 Å². The number of halogens is 1. The van der Waals surface area contributed by atoms with Crippen LogP contribution in [0.4, 0.5) is 9.18 Å². The van der Waals surface area contributed by atoms with E-state index in [0.717, 1.165) is 5.69 Å². The Balaban J connectivity index is 1.34. The van der Waals surface area contributed by atoms with Gasteiger partial charge in [0, 0.05) is 18.7 Å². The van der Waals surface area contributed by atoms with Crippen LogP contribution in [0.5, 0.6) is 0 Å². The molecule has 1 saturated heterocycles. The van der Waals surface area contributed by atoms with Gasteiger partial charge in [-0.25, -0.2) is 14.2 Å². The predicted octanol–water partition coefficient (Wildman–Crippen LogP) is 5.11. The third-order valence-electron chi connectivity index (χ3n) is 7.04. The van der Waals surface area contributed by atoms with Gasteiger partial charge < -0.3 is 19.5 Å². The molecule has 2 aliphatic rings. The molecule has 0 spiro atoms.